The van der Waals surface area contributed by atoms with Crippen LogP contribution in [0.25, 0.3) is 10.9 Å². The average molecular weight is 465 g/mol. The van der Waals surface area contributed by atoms with Crippen molar-refractivity contribution in [3.63, 3.8) is 0 Å². The fraction of sp³-hybridized carbons (Fsp3) is 0.407. The maximum atomic E-state index is 12.9. The Morgan fingerprint density at radius 2 is 1.76 bits per heavy atom. The first kappa shape index (κ1) is 23.8. The summed E-state index contributed by atoms with van der Waals surface area (Å²) in [6.07, 6.45) is 2.22. The SMILES string of the molecule is CC(C)(C)OC(=O)n1cc(CCC(=O)N2CCOCC2)c2cc(OCc3ccccc3)ccc21. The smallest absolute Gasteiger partial charge is 0.419 e. The zero-order valence-electron chi connectivity index (χ0n) is 20.1. The van der Waals surface area contributed by atoms with Crippen molar-refractivity contribution in [3.05, 3.63) is 65.9 Å². The fourth-order valence-corrected chi connectivity index (χ4v) is 3.98. The third-order valence-electron chi connectivity index (χ3n) is 5.67. The summed E-state index contributed by atoms with van der Waals surface area (Å²) < 4.78 is 18.5. The number of carbonyl (C=O) groups excluding carboxylic acids is 2. The minimum atomic E-state index is -0.612. The van der Waals surface area contributed by atoms with Gasteiger partial charge in [-0.25, -0.2) is 4.79 Å². The third-order valence-corrected chi connectivity index (χ3v) is 5.67. The number of ether oxygens (including phenoxy) is 3. The number of morpholine rings is 1. The standard InChI is InChI=1S/C27H32N2O5/c1-27(2,3)34-26(31)29-18-21(9-12-25(30)28-13-15-32-16-14-28)23-17-22(10-11-24(23)29)33-19-20-7-5-4-6-8-20/h4-8,10-11,17-18H,9,12-16,19H2,1-3H3. The lowest BCUT2D eigenvalue weighted by Crippen LogP contribution is -2.40. The molecule has 2 heterocycles. The lowest BCUT2D eigenvalue weighted by Gasteiger charge is -2.26. The lowest BCUT2D eigenvalue weighted by atomic mass is 10.1. The van der Waals surface area contributed by atoms with Crippen molar-refractivity contribution in [2.45, 2.75) is 45.8 Å². The highest BCUT2D eigenvalue weighted by Gasteiger charge is 2.22. The summed E-state index contributed by atoms with van der Waals surface area (Å²) in [6, 6.07) is 15.6. The van der Waals surface area contributed by atoms with E-state index in [-0.39, 0.29) is 5.91 Å². The lowest BCUT2D eigenvalue weighted by molar-refractivity contribution is -0.135. The molecule has 34 heavy (non-hydrogen) atoms. The van der Waals surface area contributed by atoms with Crippen molar-refractivity contribution in [2.24, 2.45) is 0 Å². The van der Waals surface area contributed by atoms with E-state index in [2.05, 4.69) is 0 Å². The molecule has 0 aliphatic carbocycles. The van der Waals surface area contributed by atoms with E-state index >= 15 is 0 Å². The van der Waals surface area contributed by atoms with Gasteiger partial charge in [0.15, 0.2) is 0 Å². The van der Waals surface area contributed by atoms with E-state index < -0.39 is 11.7 Å². The number of hydrogen-bond donors (Lipinski definition) is 0. The summed E-state index contributed by atoms with van der Waals surface area (Å²) in [5.41, 5.74) is 2.10. The molecule has 1 saturated heterocycles. The van der Waals surface area contributed by atoms with Crippen LogP contribution in [0.2, 0.25) is 0 Å². The zero-order chi connectivity index (χ0) is 24.1. The highest BCUT2D eigenvalue weighted by molar-refractivity contribution is 5.93. The van der Waals surface area contributed by atoms with Gasteiger partial charge in [-0.1, -0.05) is 30.3 Å². The molecular weight excluding hydrogens is 432 g/mol. The van der Waals surface area contributed by atoms with E-state index in [1.54, 1.807) is 6.20 Å². The Morgan fingerprint density at radius 1 is 1.03 bits per heavy atom. The zero-order valence-corrected chi connectivity index (χ0v) is 20.1. The van der Waals surface area contributed by atoms with Crippen LogP contribution in [0.5, 0.6) is 5.75 Å². The van der Waals surface area contributed by atoms with E-state index in [9.17, 15) is 9.59 Å². The van der Waals surface area contributed by atoms with Crippen molar-refractivity contribution >= 4 is 22.9 Å². The predicted octanol–water partition coefficient (Wildman–Crippen LogP) is 4.79. The van der Waals surface area contributed by atoms with Crippen molar-refractivity contribution in [2.75, 3.05) is 26.3 Å². The van der Waals surface area contributed by atoms with Crippen molar-refractivity contribution in [3.8, 4) is 5.75 Å². The van der Waals surface area contributed by atoms with E-state index in [0.29, 0.717) is 51.5 Å². The van der Waals surface area contributed by atoms with E-state index in [0.717, 1.165) is 22.0 Å². The number of aryl methyl sites for hydroxylation is 1. The number of nitrogens with zero attached hydrogens (tertiary/aromatic N) is 2. The molecule has 7 heteroatoms. The molecule has 1 aliphatic rings. The van der Waals surface area contributed by atoms with Gasteiger partial charge in [0.25, 0.3) is 0 Å². The molecule has 180 valence electrons. The molecule has 1 aliphatic heterocycles. The Hall–Kier alpha value is -3.32. The summed E-state index contributed by atoms with van der Waals surface area (Å²) in [4.78, 5) is 27.4. The number of hydrogen-bond acceptors (Lipinski definition) is 5. The van der Waals surface area contributed by atoms with Crippen LogP contribution in [0, 0.1) is 0 Å². The van der Waals surface area contributed by atoms with Crippen LogP contribution in [-0.4, -0.2) is 53.4 Å². The second kappa shape index (κ2) is 10.3. The minimum absolute atomic E-state index is 0.0953. The molecule has 4 rings (SSSR count). The maximum absolute atomic E-state index is 12.9. The molecule has 1 fully saturated rings. The molecule has 0 radical (unpaired) electrons. The van der Waals surface area contributed by atoms with E-state index in [1.165, 1.54) is 4.57 Å². The molecule has 0 atom stereocenters. The summed E-state index contributed by atoms with van der Waals surface area (Å²) in [7, 11) is 0. The largest absolute Gasteiger partial charge is 0.489 e. The number of rotatable bonds is 6. The molecule has 0 N–H and O–H groups in total. The molecular formula is C27H32N2O5. The van der Waals surface area contributed by atoms with Gasteiger partial charge >= 0.3 is 6.09 Å². The van der Waals surface area contributed by atoms with Gasteiger partial charge in [0, 0.05) is 31.1 Å². The monoisotopic (exact) mass is 464 g/mol. The Labute approximate surface area is 200 Å². The van der Waals surface area contributed by atoms with Crippen molar-refractivity contribution in [1.82, 2.24) is 9.47 Å². The highest BCUT2D eigenvalue weighted by Crippen LogP contribution is 2.29. The van der Waals surface area contributed by atoms with Gasteiger partial charge in [0.2, 0.25) is 5.91 Å². The molecule has 1 aromatic heterocycles. The minimum Gasteiger partial charge on any atom is -0.489 e. The molecule has 0 unspecified atom stereocenters. The first-order valence-electron chi connectivity index (χ1n) is 11.7. The first-order chi connectivity index (χ1) is 16.3. The Morgan fingerprint density at radius 3 is 2.47 bits per heavy atom. The van der Waals surface area contributed by atoms with E-state index in [4.69, 9.17) is 14.2 Å². The third kappa shape index (κ3) is 5.97. The van der Waals surface area contributed by atoms with Gasteiger partial charge in [-0.15, -0.1) is 0 Å². The normalized spacial score (nSPS) is 14.3. The molecule has 0 bridgehead atoms. The number of carbonyl (C=O) groups is 2. The van der Waals surface area contributed by atoms with E-state index in [1.807, 2.05) is 74.2 Å². The Balaban J connectivity index is 1.58. The maximum Gasteiger partial charge on any atom is 0.419 e. The number of amides is 1. The van der Waals surface area contributed by atoms with Crippen LogP contribution in [0.15, 0.2) is 54.7 Å². The molecule has 7 nitrogen and oxygen atoms in total. The topological polar surface area (TPSA) is 70.0 Å². The number of aromatic nitrogens is 1. The number of fused-ring (bicyclic) bond motifs is 1. The van der Waals surface area contributed by atoms with Gasteiger partial charge in [0.05, 0.1) is 18.7 Å². The average Bonchev–Trinajstić information content (AvgIpc) is 3.19. The molecule has 0 spiro atoms. The van der Waals surface area contributed by atoms with Crippen molar-refractivity contribution < 1.29 is 23.8 Å². The molecule has 1 amide bonds. The Kier molecular flexibility index (Phi) is 7.22. The Bertz CT molecular complexity index is 1140. The molecule has 3 aromatic rings. The van der Waals surface area contributed by atoms with Gasteiger partial charge in [-0.2, -0.15) is 0 Å². The summed E-state index contributed by atoms with van der Waals surface area (Å²) in [5.74, 6) is 0.803. The predicted molar refractivity (Wildman–Crippen MR) is 130 cm³/mol. The van der Waals surface area contributed by atoms with Gasteiger partial charge in [-0.3, -0.25) is 9.36 Å². The van der Waals surface area contributed by atoms with Crippen LogP contribution < -0.4 is 4.74 Å². The molecule has 2 aromatic carbocycles. The number of benzene rings is 2. The summed E-state index contributed by atoms with van der Waals surface area (Å²) in [5, 5.41) is 0.881. The quantitative estimate of drug-likeness (QED) is 0.524. The van der Waals surface area contributed by atoms with Crippen molar-refractivity contribution in [1.29, 1.82) is 0 Å². The van der Waals surface area contributed by atoms with Crippen LogP contribution >= 0.6 is 0 Å². The van der Waals surface area contributed by atoms with Gasteiger partial charge < -0.3 is 19.1 Å². The highest BCUT2D eigenvalue weighted by atomic mass is 16.6. The fourth-order valence-electron chi connectivity index (χ4n) is 3.98. The summed E-state index contributed by atoms with van der Waals surface area (Å²) in [6.45, 7) is 8.36. The second-order valence-electron chi connectivity index (χ2n) is 9.45. The summed E-state index contributed by atoms with van der Waals surface area (Å²) >= 11 is 0. The van der Waals surface area contributed by atoms with Crippen LogP contribution in [0.1, 0.15) is 38.3 Å². The van der Waals surface area contributed by atoms with Crippen LogP contribution in [0.4, 0.5) is 4.79 Å². The molecule has 0 saturated carbocycles. The second-order valence-corrected chi connectivity index (χ2v) is 9.45. The van der Waals surface area contributed by atoms with Gasteiger partial charge in [-0.05, 0) is 56.5 Å². The van der Waals surface area contributed by atoms with Gasteiger partial charge in [0.1, 0.15) is 18.0 Å². The van der Waals surface area contributed by atoms with Crippen LogP contribution in [0.3, 0.4) is 0 Å². The van der Waals surface area contributed by atoms with Crippen LogP contribution in [-0.2, 0) is 27.3 Å². The first-order valence-corrected chi connectivity index (χ1v) is 11.7.